The maximum Gasteiger partial charge on any atom is 0.278 e. The van der Waals surface area contributed by atoms with E-state index in [1.165, 1.54) is 4.68 Å². The Bertz CT molecular complexity index is 677. The lowest BCUT2D eigenvalue weighted by molar-refractivity contribution is 0.460. The van der Waals surface area contributed by atoms with Crippen LogP contribution < -0.4 is 5.56 Å². The summed E-state index contributed by atoms with van der Waals surface area (Å²) < 4.78 is 2.10. The van der Waals surface area contributed by atoms with Crippen molar-refractivity contribution in [3.63, 3.8) is 0 Å². The minimum Gasteiger partial charge on any atom is -0.505 e. The summed E-state index contributed by atoms with van der Waals surface area (Å²) in [4.78, 5) is 12.1. The predicted octanol–water partition coefficient (Wildman–Crippen LogP) is 2.53. The van der Waals surface area contributed by atoms with Crippen LogP contribution in [0.4, 0.5) is 0 Å². The van der Waals surface area contributed by atoms with Gasteiger partial charge in [-0.25, -0.2) is 4.68 Å². The first-order chi connectivity index (χ1) is 8.41. The van der Waals surface area contributed by atoms with Gasteiger partial charge in [-0.15, -0.1) is 0 Å². The molecule has 94 valence electrons. The first kappa shape index (κ1) is 12.8. The zero-order valence-electron chi connectivity index (χ0n) is 10.4. The molecule has 0 spiro atoms. The van der Waals surface area contributed by atoms with Crippen LogP contribution in [0.3, 0.4) is 0 Å². The Morgan fingerprint density at radius 1 is 1.33 bits per heavy atom. The number of aromatic nitrogens is 2. The number of hydrogen-bond donors (Lipinski definition) is 1. The molecule has 1 aromatic carbocycles. The van der Waals surface area contributed by atoms with E-state index < -0.39 is 0 Å². The summed E-state index contributed by atoms with van der Waals surface area (Å²) in [5, 5.41) is 14.0. The molecule has 0 amide bonds. The van der Waals surface area contributed by atoms with Crippen molar-refractivity contribution in [2.45, 2.75) is 13.8 Å². The lowest BCUT2D eigenvalue weighted by Crippen LogP contribution is -2.22. The highest BCUT2D eigenvalue weighted by Crippen LogP contribution is 2.31. The summed E-state index contributed by atoms with van der Waals surface area (Å²) in [6, 6.07) is 5.62. The van der Waals surface area contributed by atoms with Crippen molar-refractivity contribution in [2.75, 3.05) is 0 Å². The van der Waals surface area contributed by atoms with Gasteiger partial charge in [0, 0.05) is 11.5 Å². The van der Waals surface area contributed by atoms with Gasteiger partial charge in [0.25, 0.3) is 5.56 Å². The van der Waals surface area contributed by atoms with Crippen molar-refractivity contribution < 1.29 is 5.11 Å². The van der Waals surface area contributed by atoms with Gasteiger partial charge in [0.2, 0.25) is 0 Å². The van der Waals surface area contributed by atoms with Gasteiger partial charge >= 0.3 is 0 Å². The number of rotatable bonds is 1. The van der Waals surface area contributed by atoms with Crippen LogP contribution >= 0.6 is 15.9 Å². The van der Waals surface area contributed by atoms with Crippen molar-refractivity contribution in [1.29, 1.82) is 0 Å². The molecule has 0 aliphatic rings. The Labute approximate surface area is 113 Å². The zero-order chi connectivity index (χ0) is 13.4. The number of aromatic hydroxyl groups is 1. The molecule has 2 rings (SSSR count). The molecule has 0 fully saturated rings. The lowest BCUT2D eigenvalue weighted by Gasteiger charge is -2.11. The molecule has 0 unspecified atom stereocenters. The molecule has 18 heavy (non-hydrogen) atoms. The molecule has 0 radical (unpaired) electrons. The van der Waals surface area contributed by atoms with Crippen molar-refractivity contribution in [3.8, 4) is 16.9 Å². The third kappa shape index (κ3) is 2.06. The molecule has 1 N–H and O–H groups in total. The summed E-state index contributed by atoms with van der Waals surface area (Å²) in [7, 11) is 1.57. The highest BCUT2D eigenvalue weighted by atomic mass is 79.9. The van der Waals surface area contributed by atoms with E-state index in [1.807, 2.05) is 25.1 Å². The highest BCUT2D eigenvalue weighted by molar-refractivity contribution is 9.10. The first-order valence-corrected chi connectivity index (χ1v) is 6.24. The Hall–Kier alpha value is -1.62. The fraction of sp³-hybridized carbons (Fsp3) is 0.231. The Balaban J connectivity index is 2.87. The summed E-state index contributed by atoms with van der Waals surface area (Å²) in [6.07, 6.45) is 0. The quantitative estimate of drug-likeness (QED) is 0.881. The topological polar surface area (TPSA) is 55.1 Å². The Morgan fingerprint density at radius 3 is 2.67 bits per heavy atom. The van der Waals surface area contributed by atoms with E-state index in [0.717, 1.165) is 10.0 Å². The van der Waals surface area contributed by atoms with Crippen LogP contribution in [0.5, 0.6) is 5.75 Å². The number of benzene rings is 1. The molecule has 2 aromatic rings. The first-order valence-electron chi connectivity index (χ1n) is 5.45. The Kier molecular flexibility index (Phi) is 3.26. The molecule has 4 nitrogen and oxygen atoms in total. The van der Waals surface area contributed by atoms with Crippen LogP contribution in [0.25, 0.3) is 11.1 Å². The molecular weight excluding hydrogens is 296 g/mol. The third-order valence-corrected chi connectivity index (χ3v) is 3.35. The minimum atomic E-state index is -0.306. The van der Waals surface area contributed by atoms with Crippen LogP contribution in [0.2, 0.25) is 0 Å². The number of halogens is 1. The molecular formula is C13H13BrN2O2. The van der Waals surface area contributed by atoms with Crippen molar-refractivity contribution in [2.24, 2.45) is 7.05 Å². The zero-order valence-corrected chi connectivity index (χ0v) is 11.9. The third-order valence-electron chi connectivity index (χ3n) is 2.86. The van der Waals surface area contributed by atoms with Gasteiger partial charge in [-0.05, 0) is 37.1 Å². The van der Waals surface area contributed by atoms with E-state index in [1.54, 1.807) is 14.0 Å². The van der Waals surface area contributed by atoms with E-state index in [2.05, 4.69) is 21.0 Å². The van der Waals surface area contributed by atoms with Crippen molar-refractivity contribution in [3.05, 3.63) is 44.3 Å². The van der Waals surface area contributed by atoms with E-state index in [4.69, 9.17) is 0 Å². The Morgan fingerprint density at radius 2 is 2.00 bits per heavy atom. The van der Waals surface area contributed by atoms with Gasteiger partial charge in [0.15, 0.2) is 5.75 Å². The lowest BCUT2D eigenvalue weighted by atomic mass is 10.0. The smallest absolute Gasteiger partial charge is 0.278 e. The molecule has 0 bridgehead atoms. The monoisotopic (exact) mass is 308 g/mol. The van der Waals surface area contributed by atoms with E-state index >= 15 is 0 Å². The summed E-state index contributed by atoms with van der Waals surface area (Å²) in [5.41, 5.74) is 2.07. The largest absolute Gasteiger partial charge is 0.505 e. The van der Waals surface area contributed by atoms with Crippen LogP contribution in [-0.4, -0.2) is 14.9 Å². The van der Waals surface area contributed by atoms with Gasteiger partial charge in [-0.2, -0.15) is 5.10 Å². The minimum absolute atomic E-state index is 0.0562. The second kappa shape index (κ2) is 4.57. The van der Waals surface area contributed by atoms with Gasteiger partial charge < -0.3 is 5.11 Å². The van der Waals surface area contributed by atoms with Crippen LogP contribution in [0.1, 0.15) is 11.3 Å². The fourth-order valence-corrected chi connectivity index (χ4v) is 2.23. The molecule has 1 heterocycles. The summed E-state index contributed by atoms with van der Waals surface area (Å²) in [6.45, 7) is 3.57. The average Bonchev–Trinajstić information content (AvgIpc) is 2.31. The molecule has 5 heteroatoms. The van der Waals surface area contributed by atoms with Gasteiger partial charge in [-0.3, -0.25) is 4.79 Å². The predicted molar refractivity (Wildman–Crippen MR) is 73.8 cm³/mol. The maximum atomic E-state index is 12.1. The van der Waals surface area contributed by atoms with E-state index in [-0.39, 0.29) is 11.3 Å². The van der Waals surface area contributed by atoms with Crippen molar-refractivity contribution in [1.82, 2.24) is 9.78 Å². The van der Waals surface area contributed by atoms with Crippen LogP contribution in [0, 0.1) is 13.8 Å². The molecule has 0 saturated heterocycles. The molecule has 0 atom stereocenters. The maximum absolute atomic E-state index is 12.1. The number of nitrogens with zero attached hydrogens (tertiary/aromatic N) is 2. The molecule has 0 aliphatic heterocycles. The molecule has 1 aromatic heterocycles. The van der Waals surface area contributed by atoms with Gasteiger partial charge in [-0.1, -0.05) is 22.0 Å². The standard InChI is InChI=1S/C13H13BrN2O2/c1-7-4-5-9(14)6-10(7)11-12(17)8(2)15-16(3)13(11)18/h4-6,17H,1-3H3. The average molecular weight is 309 g/mol. The van der Waals surface area contributed by atoms with Crippen LogP contribution in [0.15, 0.2) is 27.5 Å². The second-order valence-corrected chi connectivity index (χ2v) is 5.11. The second-order valence-electron chi connectivity index (χ2n) is 4.20. The normalized spacial score (nSPS) is 10.7. The summed E-state index contributed by atoms with van der Waals surface area (Å²) >= 11 is 3.37. The van der Waals surface area contributed by atoms with Crippen LogP contribution in [-0.2, 0) is 7.05 Å². The van der Waals surface area contributed by atoms with Gasteiger partial charge in [0.1, 0.15) is 5.69 Å². The fourth-order valence-electron chi connectivity index (χ4n) is 1.87. The summed E-state index contributed by atoms with van der Waals surface area (Å²) in [5.74, 6) is -0.0562. The molecule has 0 aliphatic carbocycles. The van der Waals surface area contributed by atoms with E-state index in [9.17, 15) is 9.90 Å². The number of aryl methyl sites for hydroxylation is 3. The SMILES string of the molecule is Cc1ccc(Br)cc1-c1c(O)c(C)nn(C)c1=O. The van der Waals surface area contributed by atoms with Gasteiger partial charge in [0.05, 0.1) is 5.56 Å². The molecule has 0 saturated carbocycles. The van der Waals surface area contributed by atoms with E-state index in [0.29, 0.717) is 16.8 Å². The number of hydrogen-bond acceptors (Lipinski definition) is 3. The van der Waals surface area contributed by atoms with Crippen molar-refractivity contribution >= 4 is 15.9 Å². The highest BCUT2D eigenvalue weighted by Gasteiger charge is 2.16.